The van der Waals surface area contributed by atoms with Crippen molar-refractivity contribution in [2.45, 2.75) is 26.2 Å². The first-order valence-electron chi connectivity index (χ1n) is 5.84. The zero-order chi connectivity index (χ0) is 11.1. The van der Waals surface area contributed by atoms with Crippen molar-refractivity contribution in [2.24, 2.45) is 17.8 Å². The Bertz CT molecular complexity index is 428. The van der Waals surface area contributed by atoms with E-state index < -0.39 is 0 Å². The second-order valence-corrected chi connectivity index (χ2v) is 4.85. The third-order valence-electron chi connectivity index (χ3n) is 3.43. The van der Waals surface area contributed by atoms with Crippen LogP contribution in [0.15, 0.2) is 12.3 Å². The van der Waals surface area contributed by atoms with Gasteiger partial charge in [-0.25, -0.2) is 9.97 Å². The molecule has 0 saturated heterocycles. The van der Waals surface area contributed by atoms with Crippen molar-refractivity contribution in [1.29, 1.82) is 0 Å². The van der Waals surface area contributed by atoms with E-state index in [-0.39, 0.29) is 11.8 Å². The maximum atomic E-state index is 11.8. The summed E-state index contributed by atoms with van der Waals surface area (Å²) in [5.41, 5.74) is 0.875. The van der Waals surface area contributed by atoms with E-state index in [2.05, 4.69) is 15.3 Å². The lowest BCUT2D eigenvalue weighted by atomic mass is 10.2. The summed E-state index contributed by atoms with van der Waals surface area (Å²) in [7, 11) is 0. The number of hydrogen-bond donors (Lipinski definition) is 1. The highest BCUT2D eigenvalue weighted by Crippen LogP contribution is 2.54. The molecule has 0 spiro atoms. The molecule has 0 unspecified atom stereocenters. The summed E-state index contributed by atoms with van der Waals surface area (Å²) in [5.74, 6) is 2.23. The third-order valence-corrected chi connectivity index (χ3v) is 3.43. The summed E-state index contributed by atoms with van der Waals surface area (Å²) in [6.07, 6.45) is 5.36. The largest absolute Gasteiger partial charge is 0.294 e. The standard InChI is InChI=1S/C12H15N3O/c1-7-4-5-13-12(14-7)15-11(16)10-6-9(10)8-2-3-8/h4-5,8-10H,2-3,6H2,1H3,(H,13,14,15,16)/t9-,10+/m1/s1. The Morgan fingerprint density at radius 1 is 1.50 bits per heavy atom. The number of nitrogens with one attached hydrogen (secondary N) is 1. The number of carbonyl (C=O) groups is 1. The second-order valence-electron chi connectivity index (χ2n) is 4.85. The van der Waals surface area contributed by atoms with Gasteiger partial charge in [0, 0.05) is 17.8 Å². The van der Waals surface area contributed by atoms with Gasteiger partial charge in [0.25, 0.3) is 0 Å². The molecule has 3 rings (SSSR count). The van der Waals surface area contributed by atoms with Crippen LogP contribution in [-0.2, 0) is 4.79 Å². The van der Waals surface area contributed by atoms with E-state index in [0.29, 0.717) is 11.9 Å². The molecule has 1 aromatic heterocycles. The number of nitrogens with zero attached hydrogens (tertiary/aromatic N) is 2. The Kier molecular flexibility index (Phi) is 2.16. The van der Waals surface area contributed by atoms with Gasteiger partial charge in [0.15, 0.2) is 0 Å². The minimum Gasteiger partial charge on any atom is -0.294 e. The van der Waals surface area contributed by atoms with Gasteiger partial charge >= 0.3 is 0 Å². The fraction of sp³-hybridized carbons (Fsp3) is 0.583. The number of amides is 1. The number of carbonyl (C=O) groups excluding carboxylic acids is 1. The molecule has 2 saturated carbocycles. The highest BCUT2D eigenvalue weighted by molar-refractivity contribution is 5.93. The normalized spacial score (nSPS) is 27.6. The molecule has 0 radical (unpaired) electrons. The first-order chi connectivity index (χ1) is 7.74. The maximum Gasteiger partial charge on any atom is 0.230 e. The lowest BCUT2D eigenvalue weighted by Crippen LogP contribution is -2.17. The molecule has 2 atom stereocenters. The minimum absolute atomic E-state index is 0.0995. The van der Waals surface area contributed by atoms with Crippen molar-refractivity contribution < 1.29 is 4.79 Å². The van der Waals surface area contributed by atoms with Gasteiger partial charge in [-0.3, -0.25) is 10.1 Å². The fourth-order valence-electron chi connectivity index (χ4n) is 2.27. The Balaban J connectivity index is 1.60. The van der Waals surface area contributed by atoms with Gasteiger partial charge in [0.2, 0.25) is 11.9 Å². The molecule has 0 bridgehead atoms. The predicted molar refractivity (Wildman–Crippen MR) is 59.7 cm³/mol. The Morgan fingerprint density at radius 3 is 3.00 bits per heavy atom. The molecular weight excluding hydrogens is 202 g/mol. The molecule has 2 aliphatic carbocycles. The van der Waals surface area contributed by atoms with Crippen molar-refractivity contribution in [2.75, 3.05) is 5.32 Å². The average molecular weight is 217 g/mol. The maximum absolute atomic E-state index is 11.8. The Morgan fingerprint density at radius 2 is 2.31 bits per heavy atom. The van der Waals surface area contributed by atoms with Crippen LogP contribution in [0.3, 0.4) is 0 Å². The molecule has 1 heterocycles. The smallest absolute Gasteiger partial charge is 0.230 e. The van der Waals surface area contributed by atoms with Crippen molar-refractivity contribution >= 4 is 11.9 Å². The lowest BCUT2D eigenvalue weighted by Gasteiger charge is -2.03. The van der Waals surface area contributed by atoms with Crippen LogP contribution < -0.4 is 5.32 Å². The number of aromatic nitrogens is 2. The van der Waals surface area contributed by atoms with Crippen LogP contribution in [0, 0.1) is 24.7 Å². The van der Waals surface area contributed by atoms with E-state index in [1.54, 1.807) is 6.20 Å². The van der Waals surface area contributed by atoms with Gasteiger partial charge in [-0.05, 0) is 44.1 Å². The summed E-state index contributed by atoms with van der Waals surface area (Å²) in [4.78, 5) is 20.0. The highest BCUT2D eigenvalue weighted by Gasteiger charge is 2.51. The van der Waals surface area contributed by atoms with Crippen molar-refractivity contribution in [1.82, 2.24) is 9.97 Å². The van der Waals surface area contributed by atoms with Crippen molar-refractivity contribution in [3.63, 3.8) is 0 Å². The van der Waals surface area contributed by atoms with Crippen molar-refractivity contribution in [3.8, 4) is 0 Å². The number of rotatable bonds is 3. The van der Waals surface area contributed by atoms with Crippen LogP contribution in [0.25, 0.3) is 0 Å². The first-order valence-corrected chi connectivity index (χ1v) is 5.84. The third kappa shape index (κ3) is 1.92. The quantitative estimate of drug-likeness (QED) is 0.839. The van der Waals surface area contributed by atoms with Crippen LogP contribution in [0.1, 0.15) is 25.0 Å². The van der Waals surface area contributed by atoms with Gasteiger partial charge in [0.05, 0.1) is 0 Å². The number of hydrogen-bond acceptors (Lipinski definition) is 3. The van der Waals surface area contributed by atoms with Gasteiger partial charge in [-0.2, -0.15) is 0 Å². The zero-order valence-corrected chi connectivity index (χ0v) is 9.31. The summed E-state index contributed by atoms with van der Waals surface area (Å²) in [6.45, 7) is 1.89. The molecule has 2 aliphatic rings. The van der Waals surface area contributed by atoms with Crippen LogP contribution in [0.4, 0.5) is 5.95 Å². The zero-order valence-electron chi connectivity index (χ0n) is 9.31. The average Bonchev–Trinajstić information content (AvgIpc) is 3.11. The van der Waals surface area contributed by atoms with E-state index >= 15 is 0 Å². The molecule has 1 N–H and O–H groups in total. The van der Waals surface area contributed by atoms with Crippen LogP contribution in [0.5, 0.6) is 0 Å². The molecule has 84 valence electrons. The van der Waals surface area contributed by atoms with Crippen LogP contribution in [-0.4, -0.2) is 15.9 Å². The SMILES string of the molecule is Cc1ccnc(NC(=O)[C@H]2C[C@@H]2C2CC2)n1. The minimum atomic E-state index is 0.0995. The highest BCUT2D eigenvalue weighted by atomic mass is 16.2. The summed E-state index contributed by atoms with van der Waals surface area (Å²) >= 11 is 0. The second kappa shape index (κ2) is 3.54. The Labute approximate surface area is 94.5 Å². The first kappa shape index (κ1) is 9.75. The van der Waals surface area contributed by atoms with Gasteiger partial charge in [-0.1, -0.05) is 0 Å². The van der Waals surface area contributed by atoms with Crippen LogP contribution in [0.2, 0.25) is 0 Å². The molecule has 0 aromatic carbocycles. The van der Waals surface area contributed by atoms with E-state index in [0.717, 1.165) is 18.0 Å². The molecule has 1 amide bonds. The molecule has 16 heavy (non-hydrogen) atoms. The molecule has 1 aromatic rings. The molecule has 4 heteroatoms. The fourth-order valence-corrected chi connectivity index (χ4v) is 2.27. The number of anilines is 1. The van der Waals surface area contributed by atoms with Crippen molar-refractivity contribution in [3.05, 3.63) is 18.0 Å². The molecule has 0 aliphatic heterocycles. The topological polar surface area (TPSA) is 54.9 Å². The molecular formula is C12H15N3O. The lowest BCUT2D eigenvalue weighted by molar-refractivity contribution is -0.117. The molecule has 4 nitrogen and oxygen atoms in total. The summed E-state index contributed by atoms with van der Waals surface area (Å²) in [5, 5.41) is 2.80. The number of aryl methyl sites for hydroxylation is 1. The predicted octanol–water partition coefficient (Wildman–Crippen LogP) is 1.77. The van der Waals surface area contributed by atoms with E-state index in [4.69, 9.17) is 0 Å². The summed E-state index contributed by atoms with van der Waals surface area (Å²) < 4.78 is 0. The summed E-state index contributed by atoms with van der Waals surface area (Å²) in [6, 6.07) is 1.82. The van der Waals surface area contributed by atoms with E-state index in [1.807, 2.05) is 13.0 Å². The monoisotopic (exact) mass is 217 g/mol. The van der Waals surface area contributed by atoms with Gasteiger partial charge < -0.3 is 0 Å². The van der Waals surface area contributed by atoms with E-state index in [1.165, 1.54) is 12.8 Å². The Hall–Kier alpha value is -1.45. The van der Waals surface area contributed by atoms with Gasteiger partial charge in [-0.15, -0.1) is 0 Å². The molecule has 2 fully saturated rings. The van der Waals surface area contributed by atoms with E-state index in [9.17, 15) is 4.79 Å². The van der Waals surface area contributed by atoms with Crippen LogP contribution >= 0.6 is 0 Å². The van der Waals surface area contributed by atoms with Gasteiger partial charge in [0.1, 0.15) is 0 Å².